The van der Waals surface area contributed by atoms with Crippen molar-refractivity contribution in [3.05, 3.63) is 0 Å². The molecule has 1 atom stereocenters. The average molecular weight is 421 g/mol. The summed E-state index contributed by atoms with van der Waals surface area (Å²) >= 11 is 0. The predicted molar refractivity (Wildman–Crippen MR) is 99.8 cm³/mol. The van der Waals surface area contributed by atoms with E-state index in [9.17, 15) is 13.0 Å². The van der Waals surface area contributed by atoms with Gasteiger partial charge in [-0.25, -0.2) is 8.42 Å². The van der Waals surface area contributed by atoms with E-state index in [1.165, 1.54) is 44.9 Å². The Kier molecular flexibility index (Phi) is 23.8. The van der Waals surface area contributed by atoms with Gasteiger partial charge in [0.05, 0.1) is 39.1 Å². The first-order valence-electron chi connectivity index (χ1n) is 9.90. The van der Waals surface area contributed by atoms with E-state index in [1.54, 1.807) is 0 Å². The molecule has 7 nitrogen and oxygen atoms in total. The van der Waals surface area contributed by atoms with E-state index in [2.05, 4.69) is 11.1 Å². The van der Waals surface area contributed by atoms with E-state index in [0.29, 0.717) is 13.0 Å². The van der Waals surface area contributed by atoms with Crippen LogP contribution in [0, 0.1) is 0 Å². The molecule has 0 amide bonds. The topological polar surface area (TPSA) is 105 Å². The zero-order valence-electron chi connectivity index (χ0n) is 17.2. The van der Waals surface area contributed by atoms with Crippen molar-refractivity contribution in [1.82, 2.24) is 0 Å². The Morgan fingerprint density at radius 2 is 1.37 bits per heavy atom. The van der Waals surface area contributed by atoms with Gasteiger partial charge in [-0.2, -0.15) is 0 Å². The summed E-state index contributed by atoms with van der Waals surface area (Å²) in [5, 5.41) is 8.57. The summed E-state index contributed by atoms with van der Waals surface area (Å²) in [4.78, 5) is 0. The molecule has 0 spiro atoms. The minimum absolute atomic E-state index is 0. The summed E-state index contributed by atoms with van der Waals surface area (Å²) in [6.07, 6.45) is 11.6. The van der Waals surface area contributed by atoms with E-state index in [0.717, 1.165) is 19.3 Å². The van der Waals surface area contributed by atoms with Gasteiger partial charge in [-0.15, -0.1) is 0 Å². The van der Waals surface area contributed by atoms with Crippen LogP contribution in [0.3, 0.4) is 0 Å². The molecule has 0 aliphatic rings. The summed E-state index contributed by atoms with van der Waals surface area (Å²) < 4.78 is 47.3. The molecule has 0 aromatic carbocycles. The molecular formula is C18H37NaO7S. The first-order valence-corrected chi connectivity index (χ1v) is 11.2. The van der Waals surface area contributed by atoms with Crippen molar-refractivity contribution in [3.63, 3.8) is 0 Å². The van der Waals surface area contributed by atoms with Crippen LogP contribution in [0.5, 0.6) is 0 Å². The number of hydrogen-bond donors (Lipinski definition) is 1. The third-order valence-electron chi connectivity index (χ3n) is 4.04. The number of aliphatic hydroxyl groups excluding tert-OH is 1. The Morgan fingerprint density at radius 3 is 1.89 bits per heavy atom. The summed E-state index contributed by atoms with van der Waals surface area (Å²) in [6.45, 7) is 2.99. The largest absolute Gasteiger partial charge is 1.00 e. The normalized spacial score (nSPS) is 12.7. The first-order chi connectivity index (χ1) is 12.5. The van der Waals surface area contributed by atoms with E-state index in [4.69, 9.17) is 14.6 Å². The van der Waals surface area contributed by atoms with E-state index in [1.807, 2.05) is 0 Å². The maximum atomic E-state index is 10.8. The van der Waals surface area contributed by atoms with Crippen molar-refractivity contribution < 1.29 is 61.3 Å². The first kappa shape index (κ1) is 29.9. The Bertz CT molecular complexity index is 393. The van der Waals surface area contributed by atoms with Gasteiger partial charge in [-0.3, -0.25) is 4.18 Å². The number of hydrogen-bond acceptors (Lipinski definition) is 7. The number of unbranched alkanes of at least 4 members (excludes halogenated alkanes) is 9. The van der Waals surface area contributed by atoms with Gasteiger partial charge < -0.3 is 19.1 Å². The summed E-state index contributed by atoms with van der Waals surface area (Å²) in [6, 6.07) is 0. The molecule has 0 aliphatic heterocycles. The summed E-state index contributed by atoms with van der Waals surface area (Å²) in [5.41, 5.74) is 0. The number of aliphatic hydroxyl groups is 1. The Balaban J connectivity index is 0. The second-order valence-corrected chi connectivity index (χ2v) is 7.52. The molecule has 0 saturated carbocycles. The van der Waals surface area contributed by atoms with Crippen LogP contribution in [0.25, 0.3) is 0 Å². The van der Waals surface area contributed by atoms with Gasteiger partial charge in [-0.05, 0) is 6.42 Å². The van der Waals surface area contributed by atoms with Gasteiger partial charge >= 0.3 is 29.6 Å². The SMILES string of the molecule is CCCCCCCCCCCCC(COCCOCCO)OS(=O)(=O)[O-].[Na+]. The molecular weight excluding hydrogens is 383 g/mol. The summed E-state index contributed by atoms with van der Waals surface area (Å²) in [7, 11) is -4.73. The van der Waals surface area contributed by atoms with E-state index >= 15 is 0 Å². The minimum atomic E-state index is -4.73. The molecule has 0 radical (unpaired) electrons. The fourth-order valence-electron chi connectivity index (χ4n) is 2.68. The van der Waals surface area contributed by atoms with Gasteiger partial charge in [0.1, 0.15) is 0 Å². The van der Waals surface area contributed by atoms with Crippen molar-refractivity contribution in [2.24, 2.45) is 0 Å². The maximum Gasteiger partial charge on any atom is 1.00 e. The zero-order valence-corrected chi connectivity index (χ0v) is 20.0. The van der Waals surface area contributed by atoms with Gasteiger partial charge in [-0.1, -0.05) is 71.1 Å². The third kappa shape index (κ3) is 24.7. The van der Waals surface area contributed by atoms with E-state index < -0.39 is 16.5 Å². The predicted octanol–water partition coefficient (Wildman–Crippen LogP) is 0.172. The van der Waals surface area contributed by atoms with Crippen molar-refractivity contribution in [2.75, 3.05) is 33.0 Å². The Hall–Kier alpha value is 0.750. The second kappa shape index (κ2) is 21.5. The summed E-state index contributed by atoms with van der Waals surface area (Å²) in [5.74, 6) is 0. The van der Waals surface area contributed by atoms with Crippen LogP contribution in [-0.4, -0.2) is 57.2 Å². The molecule has 0 aromatic rings. The third-order valence-corrected chi connectivity index (χ3v) is 4.55. The van der Waals surface area contributed by atoms with Crippen LogP contribution in [0.15, 0.2) is 0 Å². The molecule has 9 heteroatoms. The molecule has 1 N–H and O–H groups in total. The van der Waals surface area contributed by atoms with Crippen LogP contribution in [-0.2, 0) is 24.1 Å². The molecule has 0 fully saturated rings. The van der Waals surface area contributed by atoms with Crippen LogP contribution in [0.2, 0.25) is 0 Å². The smallest absolute Gasteiger partial charge is 0.726 e. The van der Waals surface area contributed by atoms with E-state index in [-0.39, 0.29) is 56.0 Å². The number of ether oxygens (including phenoxy) is 2. The molecule has 0 aromatic heterocycles. The minimum Gasteiger partial charge on any atom is -0.726 e. The standard InChI is InChI=1S/C18H38O7S.Na/c1-2-3-4-5-6-7-8-9-10-11-12-18(25-26(20,21)22)17-24-16-15-23-14-13-19;/h18-19H,2-17H2,1H3,(H,20,21,22);/q;+1/p-1. The maximum absolute atomic E-state index is 10.8. The molecule has 158 valence electrons. The molecule has 0 bridgehead atoms. The van der Waals surface area contributed by atoms with Crippen LogP contribution in [0.1, 0.15) is 77.6 Å². The Morgan fingerprint density at radius 1 is 0.852 bits per heavy atom. The van der Waals surface area contributed by atoms with Crippen molar-refractivity contribution >= 4 is 10.4 Å². The molecule has 0 saturated heterocycles. The molecule has 0 heterocycles. The monoisotopic (exact) mass is 420 g/mol. The van der Waals surface area contributed by atoms with Crippen LogP contribution >= 0.6 is 0 Å². The molecule has 27 heavy (non-hydrogen) atoms. The van der Waals surface area contributed by atoms with Gasteiger partial charge in [0, 0.05) is 0 Å². The molecule has 0 aliphatic carbocycles. The fraction of sp³-hybridized carbons (Fsp3) is 1.00. The molecule has 0 rings (SSSR count). The zero-order chi connectivity index (χ0) is 19.5. The van der Waals surface area contributed by atoms with Crippen LogP contribution in [0.4, 0.5) is 0 Å². The van der Waals surface area contributed by atoms with Gasteiger partial charge in [0.2, 0.25) is 10.4 Å². The van der Waals surface area contributed by atoms with Crippen molar-refractivity contribution in [3.8, 4) is 0 Å². The molecule has 1 unspecified atom stereocenters. The van der Waals surface area contributed by atoms with Crippen molar-refractivity contribution in [2.45, 2.75) is 83.7 Å². The fourth-order valence-corrected chi connectivity index (χ4v) is 3.17. The van der Waals surface area contributed by atoms with Gasteiger partial charge in [0.15, 0.2) is 0 Å². The van der Waals surface area contributed by atoms with Crippen LogP contribution < -0.4 is 29.6 Å². The Labute approximate surface area is 187 Å². The second-order valence-electron chi connectivity index (χ2n) is 6.51. The van der Waals surface area contributed by atoms with Crippen molar-refractivity contribution in [1.29, 1.82) is 0 Å². The quantitative estimate of drug-likeness (QED) is 0.130. The van der Waals surface area contributed by atoms with Gasteiger partial charge in [0.25, 0.3) is 0 Å². The average Bonchev–Trinajstić information content (AvgIpc) is 2.58. The number of rotatable bonds is 20.